The van der Waals surface area contributed by atoms with Crippen LogP contribution in [-0.4, -0.2) is 43.2 Å². The van der Waals surface area contributed by atoms with E-state index in [0.29, 0.717) is 19.1 Å². The van der Waals surface area contributed by atoms with E-state index in [4.69, 9.17) is 10.5 Å². The van der Waals surface area contributed by atoms with Crippen molar-refractivity contribution < 1.29 is 4.74 Å². The SMILES string of the molecule is CC(C)OCCN=C(N)N1CCCCCC1. The Balaban J connectivity index is 2.25. The van der Waals surface area contributed by atoms with Crippen LogP contribution in [0.3, 0.4) is 0 Å². The maximum absolute atomic E-state index is 5.96. The van der Waals surface area contributed by atoms with Crippen molar-refractivity contribution >= 4 is 5.96 Å². The zero-order valence-corrected chi connectivity index (χ0v) is 10.6. The summed E-state index contributed by atoms with van der Waals surface area (Å²) < 4.78 is 5.42. The molecule has 0 amide bonds. The van der Waals surface area contributed by atoms with Gasteiger partial charge in [-0.05, 0) is 26.7 Å². The molecule has 1 rings (SSSR count). The number of nitrogens with zero attached hydrogens (tertiary/aromatic N) is 2. The summed E-state index contributed by atoms with van der Waals surface area (Å²) in [5, 5.41) is 0. The summed E-state index contributed by atoms with van der Waals surface area (Å²) in [6.07, 6.45) is 5.38. The summed E-state index contributed by atoms with van der Waals surface area (Å²) in [5.41, 5.74) is 5.96. The summed E-state index contributed by atoms with van der Waals surface area (Å²) in [5.74, 6) is 0.689. The number of aliphatic imine (C=N–C) groups is 1. The van der Waals surface area contributed by atoms with Crippen molar-refractivity contribution in [1.82, 2.24) is 4.90 Å². The molecule has 1 heterocycles. The first kappa shape index (κ1) is 13.3. The van der Waals surface area contributed by atoms with Gasteiger partial charge < -0.3 is 15.4 Å². The van der Waals surface area contributed by atoms with E-state index < -0.39 is 0 Å². The molecule has 0 aromatic carbocycles. The van der Waals surface area contributed by atoms with E-state index >= 15 is 0 Å². The molecular formula is C12H25N3O. The number of hydrogen-bond acceptors (Lipinski definition) is 2. The lowest BCUT2D eigenvalue weighted by Crippen LogP contribution is -2.38. The first-order valence-corrected chi connectivity index (χ1v) is 6.36. The first-order valence-electron chi connectivity index (χ1n) is 6.36. The van der Waals surface area contributed by atoms with Crippen LogP contribution >= 0.6 is 0 Å². The fourth-order valence-corrected chi connectivity index (χ4v) is 1.85. The predicted molar refractivity (Wildman–Crippen MR) is 67.6 cm³/mol. The largest absolute Gasteiger partial charge is 0.377 e. The Morgan fingerprint density at radius 1 is 1.25 bits per heavy atom. The Bertz CT molecular complexity index is 208. The van der Waals surface area contributed by atoms with E-state index in [2.05, 4.69) is 9.89 Å². The highest BCUT2D eigenvalue weighted by Gasteiger charge is 2.10. The van der Waals surface area contributed by atoms with Gasteiger partial charge in [0.05, 0.1) is 19.3 Å². The van der Waals surface area contributed by atoms with Gasteiger partial charge in [-0.1, -0.05) is 12.8 Å². The van der Waals surface area contributed by atoms with Crippen molar-refractivity contribution in [2.75, 3.05) is 26.2 Å². The molecule has 1 saturated heterocycles. The first-order chi connectivity index (χ1) is 7.70. The lowest BCUT2D eigenvalue weighted by atomic mass is 10.2. The van der Waals surface area contributed by atoms with Crippen LogP contribution in [0.5, 0.6) is 0 Å². The molecule has 16 heavy (non-hydrogen) atoms. The quantitative estimate of drug-likeness (QED) is 0.451. The molecule has 0 bridgehead atoms. The van der Waals surface area contributed by atoms with Gasteiger partial charge in [0, 0.05) is 13.1 Å². The van der Waals surface area contributed by atoms with E-state index in [1.165, 1.54) is 25.7 Å². The molecule has 0 saturated carbocycles. The van der Waals surface area contributed by atoms with Crippen LogP contribution in [-0.2, 0) is 4.74 Å². The van der Waals surface area contributed by atoms with Gasteiger partial charge in [-0.2, -0.15) is 0 Å². The standard InChI is InChI=1S/C12H25N3O/c1-11(2)16-10-7-14-12(13)15-8-5-3-4-6-9-15/h11H,3-10H2,1-2H3,(H2,13,14). The predicted octanol–water partition coefficient (Wildman–Crippen LogP) is 1.60. The molecule has 1 aliphatic heterocycles. The topological polar surface area (TPSA) is 50.9 Å². The van der Waals surface area contributed by atoms with Crippen molar-refractivity contribution in [3.05, 3.63) is 0 Å². The van der Waals surface area contributed by atoms with E-state index in [1.54, 1.807) is 0 Å². The van der Waals surface area contributed by atoms with Crippen molar-refractivity contribution in [3.63, 3.8) is 0 Å². The molecule has 0 radical (unpaired) electrons. The van der Waals surface area contributed by atoms with Crippen LogP contribution < -0.4 is 5.73 Å². The highest BCUT2D eigenvalue weighted by atomic mass is 16.5. The third-order valence-corrected chi connectivity index (χ3v) is 2.75. The Morgan fingerprint density at radius 2 is 1.88 bits per heavy atom. The fourth-order valence-electron chi connectivity index (χ4n) is 1.85. The molecule has 0 aromatic rings. The van der Waals surface area contributed by atoms with Gasteiger partial charge in [-0.3, -0.25) is 4.99 Å². The van der Waals surface area contributed by atoms with E-state index in [-0.39, 0.29) is 6.10 Å². The number of rotatable bonds is 4. The number of ether oxygens (including phenoxy) is 1. The van der Waals surface area contributed by atoms with Crippen molar-refractivity contribution in [2.24, 2.45) is 10.7 Å². The highest BCUT2D eigenvalue weighted by molar-refractivity contribution is 5.78. The monoisotopic (exact) mass is 227 g/mol. The minimum Gasteiger partial charge on any atom is -0.377 e. The minimum absolute atomic E-state index is 0.273. The van der Waals surface area contributed by atoms with Gasteiger partial charge in [-0.25, -0.2) is 0 Å². The summed E-state index contributed by atoms with van der Waals surface area (Å²) in [7, 11) is 0. The number of likely N-dealkylation sites (tertiary alicyclic amines) is 1. The average Bonchev–Trinajstić information content (AvgIpc) is 2.52. The summed E-state index contributed by atoms with van der Waals surface area (Å²) in [6.45, 7) is 7.50. The number of hydrogen-bond donors (Lipinski definition) is 1. The summed E-state index contributed by atoms with van der Waals surface area (Å²) in [4.78, 5) is 6.55. The molecule has 0 aromatic heterocycles. The second-order valence-corrected chi connectivity index (χ2v) is 4.56. The molecule has 0 spiro atoms. The van der Waals surface area contributed by atoms with E-state index in [0.717, 1.165) is 13.1 Å². The van der Waals surface area contributed by atoms with Crippen LogP contribution in [0.2, 0.25) is 0 Å². The molecule has 4 nitrogen and oxygen atoms in total. The summed E-state index contributed by atoms with van der Waals surface area (Å²) in [6, 6.07) is 0. The van der Waals surface area contributed by atoms with Crippen LogP contribution in [0.1, 0.15) is 39.5 Å². The molecule has 1 aliphatic rings. The Kier molecular flexibility index (Phi) is 6.23. The van der Waals surface area contributed by atoms with Crippen LogP contribution in [0, 0.1) is 0 Å². The Morgan fingerprint density at radius 3 is 2.44 bits per heavy atom. The van der Waals surface area contributed by atoms with Gasteiger partial charge in [0.15, 0.2) is 5.96 Å². The second-order valence-electron chi connectivity index (χ2n) is 4.56. The number of nitrogens with two attached hydrogens (primary N) is 1. The van der Waals surface area contributed by atoms with Gasteiger partial charge in [0.1, 0.15) is 0 Å². The third kappa shape index (κ3) is 5.35. The van der Waals surface area contributed by atoms with E-state index in [1.807, 2.05) is 13.8 Å². The van der Waals surface area contributed by atoms with Gasteiger partial charge in [-0.15, -0.1) is 0 Å². The van der Waals surface area contributed by atoms with E-state index in [9.17, 15) is 0 Å². The van der Waals surface area contributed by atoms with Crippen LogP contribution in [0.4, 0.5) is 0 Å². The third-order valence-electron chi connectivity index (χ3n) is 2.75. The van der Waals surface area contributed by atoms with Crippen molar-refractivity contribution in [1.29, 1.82) is 0 Å². The van der Waals surface area contributed by atoms with Gasteiger partial charge >= 0.3 is 0 Å². The average molecular weight is 227 g/mol. The van der Waals surface area contributed by atoms with Crippen LogP contribution in [0.15, 0.2) is 4.99 Å². The molecule has 4 heteroatoms. The molecule has 0 atom stereocenters. The number of guanidine groups is 1. The van der Waals surface area contributed by atoms with Gasteiger partial charge in [0.2, 0.25) is 0 Å². The lowest BCUT2D eigenvalue weighted by molar-refractivity contribution is 0.0852. The molecule has 2 N–H and O–H groups in total. The Hall–Kier alpha value is -0.770. The summed E-state index contributed by atoms with van der Waals surface area (Å²) >= 11 is 0. The normalized spacial score (nSPS) is 18.9. The smallest absolute Gasteiger partial charge is 0.191 e. The molecule has 0 unspecified atom stereocenters. The molecular weight excluding hydrogens is 202 g/mol. The van der Waals surface area contributed by atoms with Crippen molar-refractivity contribution in [2.45, 2.75) is 45.6 Å². The van der Waals surface area contributed by atoms with Crippen molar-refractivity contribution in [3.8, 4) is 0 Å². The van der Waals surface area contributed by atoms with Gasteiger partial charge in [0.25, 0.3) is 0 Å². The zero-order valence-electron chi connectivity index (χ0n) is 10.6. The molecule has 1 fully saturated rings. The second kappa shape index (κ2) is 7.49. The molecule has 94 valence electrons. The maximum atomic E-state index is 5.96. The minimum atomic E-state index is 0.273. The maximum Gasteiger partial charge on any atom is 0.191 e. The highest BCUT2D eigenvalue weighted by Crippen LogP contribution is 2.08. The molecule has 0 aliphatic carbocycles. The van der Waals surface area contributed by atoms with Crippen LogP contribution in [0.25, 0.3) is 0 Å². The Labute approximate surface area is 98.9 Å². The zero-order chi connectivity index (χ0) is 11.8. The fraction of sp³-hybridized carbons (Fsp3) is 0.917. The lowest BCUT2D eigenvalue weighted by Gasteiger charge is -2.21.